The SMILES string of the molecule is CCC1(CC)CC(NCc2ccc(C)c(C)c2)CCO1. The number of aryl methyl sites for hydroxylation is 2. The first-order chi connectivity index (χ1) is 9.58. The Bertz CT molecular complexity index is 437. The summed E-state index contributed by atoms with van der Waals surface area (Å²) in [5, 5.41) is 3.73. The van der Waals surface area contributed by atoms with E-state index in [4.69, 9.17) is 4.74 Å². The first kappa shape index (κ1) is 15.5. The highest BCUT2D eigenvalue weighted by atomic mass is 16.5. The van der Waals surface area contributed by atoms with Crippen LogP contribution in [0.4, 0.5) is 0 Å². The first-order valence-electron chi connectivity index (χ1n) is 8.02. The molecule has 0 saturated carbocycles. The van der Waals surface area contributed by atoms with Gasteiger partial charge < -0.3 is 10.1 Å². The van der Waals surface area contributed by atoms with Crippen LogP contribution in [-0.4, -0.2) is 18.2 Å². The molecule has 1 unspecified atom stereocenters. The molecule has 0 radical (unpaired) electrons. The Kier molecular flexibility index (Phi) is 5.22. The number of hydrogen-bond acceptors (Lipinski definition) is 2. The predicted molar refractivity (Wildman–Crippen MR) is 85.0 cm³/mol. The van der Waals surface area contributed by atoms with E-state index in [0.717, 1.165) is 38.8 Å². The van der Waals surface area contributed by atoms with Crippen LogP contribution in [0.5, 0.6) is 0 Å². The molecule has 1 aromatic carbocycles. The molecular weight excluding hydrogens is 246 g/mol. The summed E-state index contributed by atoms with van der Waals surface area (Å²) in [6, 6.07) is 7.35. The minimum atomic E-state index is 0.110. The Morgan fingerprint density at radius 3 is 2.60 bits per heavy atom. The van der Waals surface area contributed by atoms with Crippen LogP contribution in [0.25, 0.3) is 0 Å². The second kappa shape index (κ2) is 6.73. The van der Waals surface area contributed by atoms with E-state index < -0.39 is 0 Å². The summed E-state index contributed by atoms with van der Waals surface area (Å²) in [7, 11) is 0. The first-order valence-corrected chi connectivity index (χ1v) is 8.02. The molecule has 0 spiro atoms. The van der Waals surface area contributed by atoms with Gasteiger partial charge >= 0.3 is 0 Å². The number of benzene rings is 1. The second-order valence-corrected chi connectivity index (χ2v) is 6.23. The fourth-order valence-electron chi connectivity index (χ4n) is 3.12. The molecule has 0 aliphatic carbocycles. The van der Waals surface area contributed by atoms with Crippen LogP contribution in [0, 0.1) is 13.8 Å². The lowest BCUT2D eigenvalue weighted by molar-refractivity contribution is -0.0932. The largest absolute Gasteiger partial charge is 0.375 e. The molecule has 1 saturated heterocycles. The average Bonchev–Trinajstić information content (AvgIpc) is 2.48. The molecule has 20 heavy (non-hydrogen) atoms. The van der Waals surface area contributed by atoms with E-state index in [1.807, 2.05) is 0 Å². The lowest BCUT2D eigenvalue weighted by atomic mass is 9.86. The van der Waals surface area contributed by atoms with Crippen molar-refractivity contribution >= 4 is 0 Å². The number of nitrogens with one attached hydrogen (secondary N) is 1. The van der Waals surface area contributed by atoms with Crippen LogP contribution in [0.15, 0.2) is 18.2 Å². The van der Waals surface area contributed by atoms with Gasteiger partial charge in [-0.15, -0.1) is 0 Å². The number of rotatable bonds is 5. The van der Waals surface area contributed by atoms with Gasteiger partial charge in [-0.1, -0.05) is 32.0 Å². The van der Waals surface area contributed by atoms with E-state index in [1.165, 1.54) is 16.7 Å². The van der Waals surface area contributed by atoms with E-state index in [9.17, 15) is 0 Å². The summed E-state index contributed by atoms with van der Waals surface area (Å²) >= 11 is 0. The Labute approximate surface area is 123 Å². The van der Waals surface area contributed by atoms with Gasteiger partial charge in [-0.25, -0.2) is 0 Å². The van der Waals surface area contributed by atoms with Crippen LogP contribution in [0.1, 0.15) is 56.2 Å². The van der Waals surface area contributed by atoms with Gasteiger partial charge in [0.25, 0.3) is 0 Å². The van der Waals surface area contributed by atoms with Crippen LogP contribution >= 0.6 is 0 Å². The van der Waals surface area contributed by atoms with Crippen molar-refractivity contribution in [3.63, 3.8) is 0 Å². The summed E-state index contributed by atoms with van der Waals surface area (Å²) in [6.07, 6.45) is 4.51. The Hall–Kier alpha value is -0.860. The number of hydrogen-bond donors (Lipinski definition) is 1. The van der Waals surface area contributed by atoms with E-state index in [2.05, 4.69) is 51.2 Å². The molecule has 0 amide bonds. The van der Waals surface area contributed by atoms with Crippen molar-refractivity contribution in [2.75, 3.05) is 6.61 Å². The lowest BCUT2D eigenvalue weighted by Gasteiger charge is -2.40. The maximum absolute atomic E-state index is 6.04. The molecule has 112 valence electrons. The highest BCUT2D eigenvalue weighted by Gasteiger charge is 2.34. The molecule has 1 fully saturated rings. The quantitative estimate of drug-likeness (QED) is 0.872. The Balaban J connectivity index is 1.91. The zero-order chi connectivity index (χ0) is 14.6. The predicted octanol–water partition coefficient (Wildman–Crippen LogP) is 4.13. The molecular formula is C18H29NO. The third-order valence-corrected chi connectivity index (χ3v) is 4.95. The van der Waals surface area contributed by atoms with Crippen LogP contribution < -0.4 is 5.32 Å². The molecule has 1 aliphatic heterocycles. The average molecular weight is 275 g/mol. The Morgan fingerprint density at radius 1 is 1.20 bits per heavy atom. The minimum Gasteiger partial charge on any atom is -0.375 e. The third kappa shape index (κ3) is 3.62. The fraction of sp³-hybridized carbons (Fsp3) is 0.667. The monoisotopic (exact) mass is 275 g/mol. The van der Waals surface area contributed by atoms with Gasteiger partial charge in [0, 0.05) is 19.2 Å². The normalized spacial score (nSPS) is 21.9. The van der Waals surface area contributed by atoms with Gasteiger partial charge in [0.05, 0.1) is 5.60 Å². The van der Waals surface area contributed by atoms with Crippen molar-refractivity contribution < 1.29 is 4.74 Å². The maximum Gasteiger partial charge on any atom is 0.0692 e. The molecule has 1 atom stereocenters. The topological polar surface area (TPSA) is 21.3 Å². The molecule has 2 nitrogen and oxygen atoms in total. The standard InChI is InChI=1S/C18H29NO/c1-5-18(6-2)12-17(9-10-20-18)19-13-16-8-7-14(3)15(4)11-16/h7-8,11,17,19H,5-6,9-10,12-13H2,1-4H3. The molecule has 1 N–H and O–H groups in total. The molecule has 1 aromatic rings. The molecule has 0 bridgehead atoms. The van der Waals surface area contributed by atoms with Crippen molar-refractivity contribution in [1.82, 2.24) is 5.32 Å². The van der Waals surface area contributed by atoms with Gasteiger partial charge in [0.15, 0.2) is 0 Å². The minimum absolute atomic E-state index is 0.110. The Morgan fingerprint density at radius 2 is 1.95 bits per heavy atom. The summed E-state index contributed by atoms with van der Waals surface area (Å²) in [6.45, 7) is 10.7. The van der Waals surface area contributed by atoms with Gasteiger partial charge in [0.2, 0.25) is 0 Å². The summed E-state index contributed by atoms with van der Waals surface area (Å²) in [5.74, 6) is 0. The van der Waals surface area contributed by atoms with E-state index >= 15 is 0 Å². The molecule has 2 heteroatoms. The van der Waals surface area contributed by atoms with Gasteiger partial charge in [-0.2, -0.15) is 0 Å². The summed E-state index contributed by atoms with van der Waals surface area (Å²) in [4.78, 5) is 0. The van der Waals surface area contributed by atoms with Crippen molar-refractivity contribution in [1.29, 1.82) is 0 Å². The van der Waals surface area contributed by atoms with Crippen molar-refractivity contribution in [3.05, 3.63) is 34.9 Å². The lowest BCUT2D eigenvalue weighted by Crippen LogP contribution is -2.46. The van der Waals surface area contributed by atoms with Crippen molar-refractivity contribution in [2.24, 2.45) is 0 Å². The third-order valence-electron chi connectivity index (χ3n) is 4.95. The maximum atomic E-state index is 6.04. The second-order valence-electron chi connectivity index (χ2n) is 6.23. The highest BCUT2D eigenvalue weighted by molar-refractivity contribution is 5.29. The van der Waals surface area contributed by atoms with Gasteiger partial charge in [-0.05, 0) is 56.2 Å². The zero-order valence-electron chi connectivity index (χ0n) is 13.5. The molecule has 2 rings (SSSR count). The summed E-state index contributed by atoms with van der Waals surface area (Å²) in [5.41, 5.74) is 4.25. The molecule has 0 aromatic heterocycles. The summed E-state index contributed by atoms with van der Waals surface area (Å²) < 4.78 is 6.04. The van der Waals surface area contributed by atoms with Crippen LogP contribution in [0.2, 0.25) is 0 Å². The fourth-order valence-corrected chi connectivity index (χ4v) is 3.12. The highest BCUT2D eigenvalue weighted by Crippen LogP contribution is 2.31. The van der Waals surface area contributed by atoms with Crippen molar-refractivity contribution in [2.45, 2.75) is 71.6 Å². The van der Waals surface area contributed by atoms with Crippen LogP contribution in [0.3, 0.4) is 0 Å². The van der Waals surface area contributed by atoms with Crippen LogP contribution in [-0.2, 0) is 11.3 Å². The smallest absolute Gasteiger partial charge is 0.0692 e. The molecule has 1 aliphatic rings. The van der Waals surface area contributed by atoms with Crippen molar-refractivity contribution in [3.8, 4) is 0 Å². The van der Waals surface area contributed by atoms with E-state index in [-0.39, 0.29) is 5.60 Å². The van der Waals surface area contributed by atoms with Gasteiger partial charge in [-0.3, -0.25) is 0 Å². The van der Waals surface area contributed by atoms with Gasteiger partial charge in [0.1, 0.15) is 0 Å². The van der Waals surface area contributed by atoms with E-state index in [0.29, 0.717) is 6.04 Å². The molecule has 1 heterocycles. The zero-order valence-corrected chi connectivity index (χ0v) is 13.5. The number of ether oxygens (including phenoxy) is 1. The van der Waals surface area contributed by atoms with E-state index in [1.54, 1.807) is 0 Å².